The van der Waals surface area contributed by atoms with Gasteiger partial charge in [-0.2, -0.15) is 0 Å². The molecule has 2 atom stereocenters. The van der Waals surface area contributed by atoms with Crippen LogP contribution in [0.1, 0.15) is 43.2 Å². The zero-order chi connectivity index (χ0) is 26.1. The first-order valence-electron chi connectivity index (χ1n) is 11.9. The predicted octanol–water partition coefficient (Wildman–Crippen LogP) is 1.73. The highest BCUT2D eigenvalue weighted by atomic mass is 16.5. The number of alkyl carbamates (subject to hydrolysis) is 1. The molecule has 0 spiro atoms. The van der Waals surface area contributed by atoms with Gasteiger partial charge >= 0.3 is 12.1 Å². The van der Waals surface area contributed by atoms with Crippen molar-refractivity contribution in [3.8, 4) is 11.1 Å². The van der Waals surface area contributed by atoms with Crippen molar-refractivity contribution in [2.24, 2.45) is 5.73 Å². The summed E-state index contributed by atoms with van der Waals surface area (Å²) in [6.07, 6.45) is 0.692. The molecule has 0 saturated carbocycles. The van der Waals surface area contributed by atoms with E-state index in [0.29, 0.717) is 19.4 Å². The van der Waals surface area contributed by atoms with Crippen LogP contribution >= 0.6 is 0 Å². The Morgan fingerprint density at radius 3 is 2.17 bits per heavy atom. The molecule has 0 aromatic heterocycles. The number of benzene rings is 2. The van der Waals surface area contributed by atoms with Crippen molar-refractivity contribution in [2.75, 3.05) is 19.7 Å². The molecule has 0 unspecified atom stereocenters. The highest BCUT2D eigenvalue weighted by Gasteiger charge is 2.29. The van der Waals surface area contributed by atoms with Gasteiger partial charge in [-0.25, -0.2) is 9.59 Å². The standard InChI is InChI=1S/C26H32N4O6/c1-16(24(32)28-14-23(31)30-22(25(33)34)12-6-7-13-27)29-26(35)36-15-21-19-10-4-2-8-17(19)18-9-3-5-11-20(18)21/h2-5,8-11,16,21-22H,6-7,12-15,27H2,1H3,(H,28,32)(H,29,35)(H,30,31)(H,33,34)/t16-,22-/m0/s1. The van der Waals surface area contributed by atoms with Crippen molar-refractivity contribution in [3.05, 3.63) is 59.7 Å². The molecule has 36 heavy (non-hydrogen) atoms. The van der Waals surface area contributed by atoms with Crippen LogP contribution in [0.5, 0.6) is 0 Å². The molecule has 0 heterocycles. The van der Waals surface area contributed by atoms with E-state index in [1.165, 1.54) is 6.92 Å². The molecule has 0 aliphatic heterocycles. The maximum atomic E-state index is 12.4. The van der Waals surface area contributed by atoms with E-state index in [-0.39, 0.29) is 18.9 Å². The number of amides is 3. The number of carbonyl (C=O) groups excluding carboxylic acids is 3. The Hall–Kier alpha value is -3.92. The number of nitrogens with two attached hydrogens (primary N) is 1. The van der Waals surface area contributed by atoms with Crippen LogP contribution in [0.2, 0.25) is 0 Å². The number of hydrogen-bond donors (Lipinski definition) is 5. The third-order valence-electron chi connectivity index (χ3n) is 6.07. The molecule has 2 aromatic carbocycles. The molecule has 10 nitrogen and oxygen atoms in total. The van der Waals surface area contributed by atoms with Crippen molar-refractivity contribution < 1.29 is 29.0 Å². The normalized spacial score (nSPS) is 13.6. The zero-order valence-electron chi connectivity index (χ0n) is 20.2. The van der Waals surface area contributed by atoms with Crippen molar-refractivity contribution in [3.63, 3.8) is 0 Å². The monoisotopic (exact) mass is 496 g/mol. The Labute approximate surface area is 209 Å². The van der Waals surface area contributed by atoms with E-state index in [1.54, 1.807) is 0 Å². The second-order valence-corrected chi connectivity index (χ2v) is 8.65. The Bertz CT molecular complexity index is 1060. The van der Waals surface area contributed by atoms with Crippen LogP contribution in [0.15, 0.2) is 48.5 Å². The number of hydrogen-bond acceptors (Lipinski definition) is 6. The van der Waals surface area contributed by atoms with Gasteiger partial charge in [0.1, 0.15) is 18.7 Å². The average molecular weight is 497 g/mol. The van der Waals surface area contributed by atoms with Crippen LogP contribution < -0.4 is 21.7 Å². The van der Waals surface area contributed by atoms with Crippen molar-refractivity contribution >= 4 is 23.9 Å². The van der Waals surface area contributed by atoms with Crippen molar-refractivity contribution in [2.45, 2.75) is 44.2 Å². The van der Waals surface area contributed by atoms with Crippen LogP contribution in [0.4, 0.5) is 4.79 Å². The smallest absolute Gasteiger partial charge is 0.407 e. The fourth-order valence-electron chi connectivity index (χ4n) is 4.20. The third kappa shape index (κ3) is 6.82. The number of rotatable bonds is 12. The molecule has 2 aromatic rings. The number of carboxylic acids is 1. The van der Waals surface area contributed by atoms with Gasteiger partial charge in [0.25, 0.3) is 0 Å². The Morgan fingerprint density at radius 1 is 0.972 bits per heavy atom. The number of aliphatic carboxylic acids is 1. The summed E-state index contributed by atoms with van der Waals surface area (Å²) in [5.41, 5.74) is 9.77. The highest BCUT2D eigenvalue weighted by molar-refractivity contribution is 5.90. The summed E-state index contributed by atoms with van der Waals surface area (Å²) >= 11 is 0. The molecular formula is C26H32N4O6. The fraction of sp³-hybridized carbons (Fsp3) is 0.385. The van der Waals surface area contributed by atoms with Gasteiger partial charge < -0.3 is 31.5 Å². The topological polar surface area (TPSA) is 160 Å². The van der Waals surface area contributed by atoms with Crippen LogP contribution in [0.25, 0.3) is 11.1 Å². The van der Waals surface area contributed by atoms with Crippen molar-refractivity contribution in [1.29, 1.82) is 0 Å². The molecule has 1 aliphatic carbocycles. The van der Waals surface area contributed by atoms with E-state index in [2.05, 4.69) is 16.0 Å². The lowest BCUT2D eigenvalue weighted by atomic mass is 9.98. The second kappa shape index (κ2) is 12.7. The molecule has 3 amide bonds. The highest BCUT2D eigenvalue weighted by Crippen LogP contribution is 2.44. The summed E-state index contributed by atoms with van der Waals surface area (Å²) in [7, 11) is 0. The number of fused-ring (bicyclic) bond motifs is 3. The Balaban J connectivity index is 1.45. The maximum Gasteiger partial charge on any atom is 0.407 e. The van der Waals surface area contributed by atoms with Crippen LogP contribution in [-0.2, 0) is 19.1 Å². The van der Waals surface area contributed by atoms with Gasteiger partial charge in [-0.05, 0) is 55.0 Å². The van der Waals surface area contributed by atoms with Gasteiger partial charge in [-0.1, -0.05) is 48.5 Å². The van der Waals surface area contributed by atoms with Crippen LogP contribution in [0.3, 0.4) is 0 Å². The minimum Gasteiger partial charge on any atom is -0.480 e. The van der Waals surface area contributed by atoms with Gasteiger partial charge in [-0.3, -0.25) is 9.59 Å². The lowest BCUT2D eigenvalue weighted by Crippen LogP contribution is -2.49. The molecule has 6 N–H and O–H groups in total. The van der Waals surface area contributed by atoms with Gasteiger partial charge in [0.2, 0.25) is 11.8 Å². The van der Waals surface area contributed by atoms with E-state index in [9.17, 15) is 24.3 Å². The Kier molecular flexibility index (Phi) is 9.40. The summed E-state index contributed by atoms with van der Waals surface area (Å²) in [6, 6.07) is 13.9. The minimum absolute atomic E-state index is 0.108. The quantitative estimate of drug-likeness (QED) is 0.280. The third-order valence-corrected chi connectivity index (χ3v) is 6.07. The number of ether oxygens (including phenoxy) is 1. The molecule has 0 radical (unpaired) electrons. The van der Waals surface area contributed by atoms with E-state index < -0.39 is 42.5 Å². The first kappa shape index (κ1) is 26.7. The molecular weight excluding hydrogens is 464 g/mol. The van der Waals surface area contributed by atoms with E-state index in [1.807, 2.05) is 48.5 Å². The summed E-state index contributed by atoms with van der Waals surface area (Å²) in [5, 5.41) is 16.4. The lowest BCUT2D eigenvalue weighted by Gasteiger charge is -2.18. The first-order valence-corrected chi connectivity index (χ1v) is 11.9. The molecule has 0 bridgehead atoms. The van der Waals surface area contributed by atoms with Gasteiger partial charge in [0.05, 0.1) is 6.54 Å². The number of carboxylic acid groups (broad SMARTS) is 1. The summed E-state index contributed by atoms with van der Waals surface area (Å²) in [4.78, 5) is 48.0. The van der Waals surface area contributed by atoms with E-state index in [4.69, 9.17) is 10.5 Å². The first-order chi connectivity index (χ1) is 17.3. The average Bonchev–Trinajstić information content (AvgIpc) is 3.19. The summed E-state index contributed by atoms with van der Waals surface area (Å²) in [6.45, 7) is 1.58. The van der Waals surface area contributed by atoms with E-state index >= 15 is 0 Å². The molecule has 3 rings (SSSR count). The molecule has 0 fully saturated rings. The zero-order valence-corrected chi connectivity index (χ0v) is 20.2. The summed E-state index contributed by atoms with van der Waals surface area (Å²) in [5.74, 6) is -2.51. The predicted molar refractivity (Wildman–Crippen MR) is 133 cm³/mol. The molecule has 10 heteroatoms. The van der Waals surface area contributed by atoms with Crippen LogP contribution in [-0.4, -0.2) is 60.8 Å². The fourth-order valence-corrected chi connectivity index (χ4v) is 4.20. The Morgan fingerprint density at radius 2 is 1.58 bits per heavy atom. The minimum atomic E-state index is -1.16. The number of nitrogens with one attached hydrogen (secondary N) is 3. The maximum absolute atomic E-state index is 12.4. The molecule has 192 valence electrons. The lowest BCUT2D eigenvalue weighted by molar-refractivity contribution is -0.142. The van der Waals surface area contributed by atoms with E-state index in [0.717, 1.165) is 22.3 Å². The number of unbranched alkanes of at least 4 members (excludes halogenated alkanes) is 1. The number of carbonyl (C=O) groups is 4. The molecule has 1 aliphatic rings. The van der Waals surface area contributed by atoms with Crippen molar-refractivity contribution in [1.82, 2.24) is 16.0 Å². The van der Waals surface area contributed by atoms with Gasteiger partial charge in [0.15, 0.2) is 0 Å². The second-order valence-electron chi connectivity index (χ2n) is 8.65. The van der Waals surface area contributed by atoms with Crippen LogP contribution in [0, 0.1) is 0 Å². The largest absolute Gasteiger partial charge is 0.480 e. The SMILES string of the molecule is C[C@H](NC(=O)OCC1c2ccccc2-c2ccccc21)C(=O)NCC(=O)N[C@@H](CCCCN)C(=O)O. The molecule has 0 saturated heterocycles. The van der Waals surface area contributed by atoms with Gasteiger partial charge in [-0.15, -0.1) is 0 Å². The van der Waals surface area contributed by atoms with Gasteiger partial charge in [0, 0.05) is 5.92 Å². The summed E-state index contributed by atoms with van der Waals surface area (Å²) < 4.78 is 5.43.